The molecule has 0 saturated heterocycles. The Balaban J connectivity index is 2.02. The van der Waals surface area contributed by atoms with Crippen LogP contribution in [0, 0.1) is 17.0 Å². The number of rotatable bonds is 7. The standard InChI is InChI=1S/C14H18N4O3/c1-3-21-14-7-12(6-13(8-14)18(19)20)15-4-5-17-10-11(2)9-16-17/h6-10,15H,3-5H2,1-2H3. The molecule has 0 fully saturated rings. The molecule has 7 heteroatoms. The van der Waals surface area contributed by atoms with Gasteiger partial charge in [0.1, 0.15) is 5.75 Å². The second-order valence-electron chi connectivity index (χ2n) is 4.61. The van der Waals surface area contributed by atoms with Crippen molar-refractivity contribution in [2.24, 2.45) is 0 Å². The summed E-state index contributed by atoms with van der Waals surface area (Å²) in [5.41, 5.74) is 1.78. The molecule has 0 radical (unpaired) electrons. The van der Waals surface area contributed by atoms with Gasteiger partial charge in [-0.1, -0.05) is 0 Å². The number of aromatic nitrogens is 2. The average molecular weight is 290 g/mol. The first-order valence-electron chi connectivity index (χ1n) is 6.73. The summed E-state index contributed by atoms with van der Waals surface area (Å²) >= 11 is 0. The normalized spacial score (nSPS) is 10.4. The van der Waals surface area contributed by atoms with Crippen LogP contribution in [0.1, 0.15) is 12.5 Å². The van der Waals surface area contributed by atoms with Crippen LogP contribution in [0.25, 0.3) is 0 Å². The molecule has 2 rings (SSSR count). The number of nitro benzene ring substituents is 1. The highest BCUT2D eigenvalue weighted by Gasteiger charge is 2.10. The summed E-state index contributed by atoms with van der Waals surface area (Å²) in [4.78, 5) is 10.5. The summed E-state index contributed by atoms with van der Waals surface area (Å²) in [6, 6.07) is 4.67. The lowest BCUT2D eigenvalue weighted by molar-refractivity contribution is -0.384. The lowest BCUT2D eigenvalue weighted by Crippen LogP contribution is -2.11. The summed E-state index contributed by atoms with van der Waals surface area (Å²) in [5, 5.41) is 18.3. The van der Waals surface area contributed by atoms with E-state index in [2.05, 4.69) is 10.4 Å². The van der Waals surface area contributed by atoms with E-state index in [4.69, 9.17) is 4.74 Å². The molecule has 0 spiro atoms. The molecule has 112 valence electrons. The van der Waals surface area contributed by atoms with Crippen molar-refractivity contribution in [1.82, 2.24) is 9.78 Å². The van der Waals surface area contributed by atoms with E-state index in [1.807, 2.05) is 24.7 Å². The molecule has 1 heterocycles. The van der Waals surface area contributed by atoms with E-state index in [-0.39, 0.29) is 5.69 Å². The van der Waals surface area contributed by atoms with Gasteiger partial charge in [0.05, 0.1) is 30.3 Å². The SMILES string of the molecule is CCOc1cc(NCCn2cc(C)cn2)cc([N+](=O)[O-])c1. The fourth-order valence-electron chi connectivity index (χ4n) is 1.94. The van der Waals surface area contributed by atoms with Gasteiger partial charge in [-0.3, -0.25) is 14.8 Å². The molecule has 0 atom stereocenters. The lowest BCUT2D eigenvalue weighted by atomic mass is 10.2. The van der Waals surface area contributed by atoms with Crippen LogP contribution in [0.4, 0.5) is 11.4 Å². The minimum atomic E-state index is -0.426. The fourth-order valence-corrected chi connectivity index (χ4v) is 1.94. The Morgan fingerprint density at radius 1 is 1.43 bits per heavy atom. The predicted octanol–water partition coefficient (Wildman–Crippen LogP) is 2.61. The van der Waals surface area contributed by atoms with E-state index in [9.17, 15) is 10.1 Å². The molecule has 2 aromatic rings. The smallest absolute Gasteiger partial charge is 0.275 e. The maximum atomic E-state index is 10.9. The summed E-state index contributed by atoms with van der Waals surface area (Å²) in [6.07, 6.45) is 3.74. The summed E-state index contributed by atoms with van der Waals surface area (Å²) in [5.74, 6) is 0.490. The number of benzene rings is 1. The Bertz CT molecular complexity index is 624. The number of hydrogen-bond donors (Lipinski definition) is 1. The Labute approximate surface area is 122 Å². The van der Waals surface area contributed by atoms with Crippen molar-refractivity contribution in [1.29, 1.82) is 0 Å². The van der Waals surface area contributed by atoms with Gasteiger partial charge in [0.15, 0.2) is 0 Å². The summed E-state index contributed by atoms with van der Waals surface area (Å²) in [6.45, 7) is 5.58. The lowest BCUT2D eigenvalue weighted by Gasteiger charge is -2.09. The Kier molecular flexibility index (Phi) is 4.76. The van der Waals surface area contributed by atoms with E-state index in [0.717, 1.165) is 5.56 Å². The minimum Gasteiger partial charge on any atom is -0.494 e. The molecular formula is C14H18N4O3. The Morgan fingerprint density at radius 3 is 2.86 bits per heavy atom. The Morgan fingerprint density at radius 2 is 2.24 bits per heavy atom. The molecule has 0 saturated carbocycles. The topological polar surface area (TPSA) is 82.2 Å². The van der Waals surface area contributed by atoms with Crippen LogP contribution < -0.4 is 10.1 Å². The first kappa shape index (κ1) is 14.8. The quantitative estimate of drug-likeness (QED) is 0.626. The molecule has 21 heavy (non-hydrogen) atoms. The molecule has 7 nitrogen and oxygen atoms in total. The predicted molar refractivity (Wildman–Crippen MR) is 79.7 cm³/mol. The van der Waals surface area contributed by atoms with Gasteiger partial charge >= 0.3 is 0 Å². The Hall–Kier alpha value is -2.57. The molecule has 0 aliphatic carbocycles. The van der Waals surface area contributed by atoms with Crippen molar-refractivity contribution in [3.63, 3.8) is 0 Å². The van der Waals surface area contributed by atoms with Crippen LogP contribution in [0.2, 0.25) is 0 Å². The average Bonchev–Trinajstić information content (AvgIpc) is 2.84. The third kappa shape index (κ3) is 4.20. The maximum absolute atomic E-state index is 10.9. The third-order valence-electron chi connectivity index (χ3n) is 2.85. The largest absolute Gasteiger partial charge is 0.494 e. The molecule has 1 aromatic carbocycles. The number of nitrogens with zero attached hydrogens (tertiary/aromatic N) is 3. The monoisotopic (exact) mass is 290 g/mol. The number of hydrogen-bond acceptors (Lipinski definition) is 5. The van der Waals surface area contributed by atoms with Gasteiger partial charge in [-0.25, -0.2) is 0 Å². The molecule has 1 N–H and O–H groups in total. The highest BCUT2D eigenvalue weighted by molar-refractivity contribution is 5.56. The van der Waals surface area contributed by atoms with Crippen molar-refractivity contribution < 1.29 is 9.66 Å². The van der Waals surface area contributed by atoms with Gasteiger partial charge in [-0.2, -0.15) is 5.10 Å². The van der Waals surface area contributed by atoms with Gasteiger partial charge in [-0.05, 0) is 19.4 Å². The third-order valence-corrected chi connectivity index (χ3v) is 2.85. The van der Waals surface area contributed by atoms with Crippen LogP contribution in [0.15, 0.2) is 30.6 Å². The summed E-state index contributed by atoms with van der Waals surface area (Å²) < 4.78 is 7.17. The molecule has 0 amide bonds. The zero-order valence-electron chi connectivity index (χ0n) is 12.1. The molecular weight excluding hydrogens is 272 g/mol. The van der Waals surface area contributed by atoms with Crippen molar-refractivity contribution in [2.75, 3.05) is 18.5 Å². The van der Waals surface area contributed by atoms with Crippen molar-refractivity contribution in [3.8, 4) is 5.75 Å². The van der Waals surface area contributed by atoms with Gasteiger partial charge in [0.25, 0.3) is 5.69 Å². The van der Waals surface area contributed by atoms with Gasteiger partial charge < -0.3 is 10.1 Å². The van der Waals surface area contributed by atoms with Crippen molar-refractivity contribution in [3.05, 3.63) is 46.3 Å². The number of nitro groups is 1. The van der Waals surface area contributed by atoms with Crippen LogP contribution in [0.5, 0.6) is 5.75 Å². The van der Waals surface area contributed by atoms with E-state index in [1.54, 1.807) is 12.3 Å². The molecule has 0 aliphatic heterocycles. The van der Waals surface area contributed by atoms with E-state index in [1.165, 1.54) is 12.1 Å². The van der Waals surface area contributed by atoms with Crippen molar-refractivity contribution >= 4 is 11.4 Å². The first-order chi connectivity index (χ1) is 10.1. The van der Waals surface area contributed by atoms with E-state index >= 15 is 0 Å². The number of aryl methyl sites for hydroxylation is 1. The number of ether oxygens (including phenoxy) is 1. The highest BCUT2D eigenvalue weighted by Crippen LogP contribution is 2.25. The maximum Gasteiger partial charge on any atom is 0.275 e. The van der Waals surface area contributed by atoms with E-state index < -0.39 is 4.92 Å². The second-order valence-corrected chi connectivity index (χ2v) is 4.61. The molecule has 0 bridgehead atoms. The molecule has 0 unspecified atom stereocenters. The number of non-ortho nitro benzene ring substituents is 1. The van der Waals surface area contributed by atoms with E-state index in [0.29, 0.717) is 31.1 Å². The van der Waals surface area contributed by atoms with Crippen LogP contribution >= 0.6 is 0 Å². The van der Waals surface area contributed by atoms with Crippen LogP contribution in [-0.4, -0.2) is 27.9 Å². The van der Waals surface area contributed by atoms with Crippen LogP contribution in [-0.2, 0) is 6.54 Å². The summed E-state index contributed by atoms with van der Waals surface area (Å²) in [7, 11) is 0. The molecule has 1 aromatic heterocycles. The van der Waals surface area contributed by atoms with Gasteiger partial charge in [-0.15, -0.1) is 0 Å². The fraction of sp³-hybridized carbons (Fsp3) is 0.357. The zero-order valence-corrected chi connectivity index (χ0v) is 12.1. The first-order valence-corrected chi connectivity index (χ1v) is 6.73. The number of nitrogens with one attached hydrogen (secondary N) is 1. The van der Waals surface area contributed by atoms with Gasteiger partial charge in [0, 0.05) is 30.6 Å². The highest BCUT2D eigenvalue weighted by atomic mass is 16.6. The van der Waals surface area contributed by atoms with Crippen LogP contribution in [0.3, 0.4) is 0 Å². The number of anilines is 1. The second kappa shape index (κ2) is 6.74. The zero-order chi connectivity index (χ0) is 15.2. The molecule has 0 aliphatic rings. The van der Waals surface area contributed by atoms with Crippen molar-refractivity contribution in [2.45, 2.75) is 20.4 Å². The van der Waals surface area contributed by atoms with Gasteiger partial charge in [0.2, 0.25) is 0 Å². The minimum absolute atomic E-state index is 0.0124.